The summed E-state index contributed by atoms with van der Waals surface area (Å²) in [7, 11) is 0. The van der Waals surface area contributed by atoms with Crippen LogP contribution >= 0.6 is 0 Å². The molecule has 0 spiro atoms. The molecule has 3 heteroatoms. The van der Waals surface area contributed by atoms with Gasteiger partial charge in [0.15, 0.2) is 0 Å². The number of benzene rings is 1. The molecule has 3 nitrogen and oxygen atoms in total. The number of nitrogens with zero attached hydrogens (tertiary/aromatic N) is 1. The highest BCUT2D eigenvalue weighted by Crippen LogP contribution is 2.11. The van der Waals surface area contributed by atoms with Crippen molar-refractivity contribution in [1.29, 1.82) is 0 Å². The average molecular weight is 219 g/mol. The molecule has 1 heterocycles. The lowest BCUT2D eigenvalue weighted by Gasteiger charge is -2.22. The topological polar surface area (TPSA) is 29.5 Å². The van der Waals surface area contributed by atoms with Crippen molar-refractivity contribution < 1.29 is 9.53 Å². The van der Waals surface area contributed by atoms with Crippen molar-refractivity contribution in [2.45, 2.75) is 26.0 Å². The Morgan fingerprint density at radius 2 is 2.12 bits per heavy atom. The summed E-state index contributed by atoms with van der Waals surface area (Å²) in [5, 5.41) is 0. The Morgan fingerprint density at radius 1 is 1.38 bits per heavy atom. The van der Waals surface area contributed by atoms with Gasteiger partial charge in [-0.1, -0.05) is 30.3 Å². The third kappa shape index (κ3) is 2.61. The molecule has 0 unspecified atom stereocenters. The molecule has 1 aromatic rings. The zero-order valence-corrected chi connectivity index (χ0v) is 9.56. The molecule has 0 aliphatic carbocycles. The van der Waals surface area contributed by atoms with Crippen LogP contribution in [0.25, 0.3) is 0 Å². The van der Waals surface area contributed by atoms with Gasteiger partial charge in [-0.3, -0.25) is 4.79 Å². The smallest absolute Gasteiger partial charge is 0.251 e. The summed E-state index contributed by atoms with van der Waals surface area (Å²) in [6.45, 7) is 3.98. The van der Waals surface area contributed by atoms with Gasteiger partial charge in [-0.05, 0) is 18.9 Å². The largest absolute Gasteiger partial charge is 0.369 e. The zero-order chi connectivity index (χ0) is 11.4. The van der Waals surface area contributed by atoms with Gasteiger partial charge < -0.3 is 9.64 Å². The first-order valence-electron chi connectivity index (χ1n) is 5.71. The number of carbonyl (C=O) groups is 1. The lowest BCUT2D eigenvalue weighted by atomic mass is 10.2. The van der Waals surface area contributed by atoms with E-state index < -0.39 is 0 Å². The highest BCUT2D eigenvalue weighted by atomic mass is 16.5. The summed E-state index contributed by atoms with van der Waals surface area (Å²) in [6, 6.07) is 10.1. The van der Waals surface area contributed by atoms with Crippen LogP contribution in [0, 0.1) is 0 Å². The number of ether oxygens (including phenoxy) is 1. The van der Waals surface area contributed by atoms with Crippen molar-refractivity contribution in [3.63, 3.8) is 0 Å². The Balaban J connectivity index is 2.05. The van der Waals surface area contributed by atoms with Crippen molar-refractivity contribution in [3.8, 4) is 0 Å². The minimum atomic E-state index is -0.300. The minimum Gasteiger partial charge on any atom is -0.369 e. The molecule has 1 amide bonds. The summed E-state index contributed by atoms with van der Waals surface area (Å²) < 4.78 is 5.39. The summed E-state index contributed by atoms with van der Waals surface area (Å²) >= 11 is 0. The maximum Gasteiger partial charge on any atom is 0.251 e. The number of hydrogen-bond acceptors (Lipinski definition) is 2. The van der Waals surface area contributed by atoms with Gasteiger partial charge in [-0.15, -0.1) is 0 Å². The van der Waals surface area contributed by atoms with Crippen LogP contribution in [0.3, 0.4) is 0 Å². The van der Waals surface area contributed by atoms with E-state index in [4.69, 9.17) is 4.74 Å². The molecule has 0 radical (unpaired) electrons. The lowest BCUT2D eigenvalue weighted by molar-refractivity contribution is -0.140. The zero-order valence-electron chi connectivity index (χ0n) is 9.56. The van der Waals surface area contributed by atoms with E-state index in [1.165, 1.54) is 5.56 Å². The Hall–Kier alpha value is -1.35. The van der Waals surface area contributed by atoms with Crippen LogP contribution in [0.4, 0.5) is 0 Å². The first kappa shape index (κ1) is 11.1. The second-order valence-corrected chi connectivity index (χ2v) is 4.11. The Morgan fingerprint density at radius 3 is 2.88 bits per heavy atom. The molecule has 1 aromatic carbocycles. The van der Waals surface area contributed by atoms with Crippen LogP contribution in [-0.4, -0.2) is 30.1 Å². The Kier molecular flexibility index (Phi) is 3.57. The first-order valence-corrected chi connectivity index (χ1v) is 5.71. The monoisotopic (exact) mass is 219 g/mol. The molecule has 0 bridgehead atoms. The Labute approximate surface area is 96.0 Å². The van der Waals surface area contributed by atoms with Crippen LogP contribution < -0.4 is 0 Å². The van der Waals surface area contributed by atoms with Crippen LogP contribution in [0.2, 0.25) is 0 Å². The van der Waals surface area contributed by atoms with Gasteiger partial charge in [-0.25, -0.2) is 0 Å². The number of carbonyl (C=O) groups excluding carboxylic acids is 1. The normalized spacial score (nSPS) is 21.9. The second kappa shape index (κ2) is 5.12. The van der Waals surface area contributed by atoms with Crippen LogP contribution in [-0.2, 0) is 16.1 Å². The summed E-state index contributed by atoms with van der Waals surface area (Å²) in [4.78, 5) is 13.8. The van der Waals surface area contributed by atoms with Crippen LogP contribution in [0.5, 0.6) is 0 Å². The molecule has 1 aliphatic rings. The fourth-order valence-electron chi connectivity index (χ4n) is 1.91. The van der Waals surface area contributed by atoms with Gasteiger partial charge in [-0.2, -0.15) is 0 Å². The molecule has 0 saturated carbocycles. The molecular formula is C13H17NO2. The van der Waals surface area contributed by atoms with Gasteiger partial charge in [0.1, 0.15) is 6.10 Å². The van der Waals surface area contributed by atoms with Gasteiger partial charge in [0, 0.05) is 19.7 Å². The van der Waals surface area contributed by atoms with Gasteiger partial charge in [0.25, 0.3) is 5.91 Å². The molecule has 1 aliphatic heterocycles. The third-order valence-electron chi connectivity index (χ3n) is 2.82. The fraction of sp³-hybridized carbons (Fsp3) is 0.462. The molecule has 1 fully saturated rings. The summed E-state index contributed by atoms with van der Waals surface area (Å²) in [5.74, 6) is 0.0985. The van der Waals surface area contributed by atoms with Crippen molar-refractivity contribution in [3.05, 3.63) is 35.9 Å². The minimum absolute atomic E-state index is 0.0985. The van der Waals surface area contributed by atoms with Crippen molar-refractivity contribution in [2.24, 2.45) is 0 Å². The van der Waals surface area contributed by atoms with E-state index in [1.807, 2.05) is 42.2 Å². The number of rotatable bonds is 2. The average Bonchev–Trinajstić information content (AvgIpc) is 2.46. The summed E-state index contributed by atoms with van der Waals surface area (Å²) in [6.07, 6.45) is 0.620. The standard InChI is InChI=1S/C13H17NO2/c1-11-13(15)14(8-5-9-16-11)10-12-6-3-2-4-7-12/h2-4,6-7,11H,5,8-10H2,1H3/t11-/m1/s1. The maximum atomic E-state index is 12.0. The molecule has 2 rings (SSSR count). The summed E-state index contributed by atoms with van der Waals surface area (Å²) in [5.41, 5.74) is 1.17. The van der Waals surface area contributed by atoms with E-state index in [2.05, 4.69) is 0 Å². The van der Waals surface area contributed by atoms with E-state index in [0.29, 0.717) is 13.2 Å². The molecule has 1 saturated heterocycles. The molecule has 86 valence electrons. The lowest BCUT2D eigenvalue weighted by Crippen LogP contribution is -2.36. The van der Waals surface area contributed by atoms with Crippen LogP contribution in [0.15, 0.2) is 30.3 Å². The SMILES string of the molecule is C[C@H]1OCCCN(Cc2ccccc2)C1=O. The quantitative estimate of drug-likeness (QED) is 0.759. The van der Waals surface area contributed by atoms with Gasteiger partial charge in [0.2, 0.25) is 0 Å². The van der Waals surface area contributed by atoms with E-state index in [-0.39, 0.29) is 12.0 Å². The van der Waals surface area contributed by atoms with Crippen molar-refractivity contribution in [1.82, 2.24) is 4.90 Å². The number of hydrogen-bond donors (Lipinski definition) is 0. The highest BCUT2D eigenvalue weighted by molar-refractivity contribution is 5.80. The molecular weight excluding hydrogens is 202 g/mol. The predicted octanol–water partition coefficient (Wildman–Crippen LogP) is 1.82. The highest BCUT2D eigenvalue weighted by Gasteiger charge is 2.23. The fourth-order valence-corrected chi connectivity index (χ4v) is 1.91. The van der Waals surface area contributed by atoms with Crippen molar-refractivity contribution in [2.75, 3.05) is 13.2 Å². The van der Waals surface area contributed by atoms with Crippen LogP contribution in [0.1, 0.15) is 18.9 Å². The Bertz CT molecular complexity index is 350. The molecule has 0 aromatic heterocycles. The third-order valence-corrected chi connectivity index (χ3v) is 2.82. The second-order valence-electron chi connectivity index (χ2n) is 4.11. The van der Waals surface area contributed by atoms with Gasteiger partial charge >= 0.3 is 0 Å². The molecule has 1 atom stereocenters. The molecule has 0 N–H and O–H groups in total. The van der Waals surface area contributed by atoms with E-state index >= 15 is 0 Å². The first-order chi connectivity index (χ1) is 7.77. The van der Waals surface area contributed by atoms with E-state index in [1.54, 1.807) is 0 Å². The predicted molar refractivity (Wildman–Crippen MR) is 61.9 cm³/mol. The number of amides is 1. The maximum absolute atomic E-state index is 12.0. The van der Waals surface area contributed by atoms with E-state index in [0.717, 1.165) is 13.0 Å². The molecule has 16 heavy (non-hydrogen) atoms. The van der Waals surface area contributed by atoms with Crippen molar-refractivity contribution >= 4 is 5.91 Å². The van der Waals surface area contributed by atoms with E-state index in [9.17, 15) is 4.79 Å². The van der Waals surface area contributed by atoms with Gasteiger partial charge in [0.05, 0.1) is 0 Å².